The number of carbonyl (C=O) groups excluding carboxylic acids is 1. The molecule has 0 aliphatic carbocycles. The molecule has 0 unspecified atom stereocenters. The van der Waals surface area contributed by atoms with Crippen LogP contribution in [-0.4, -0.2) is 27.2 Å². The predicted molar refractivity (Wildman–Crippen MR) is 66.0 cm³/mol. The Morgan fingerprint density at radius 3 is 2.94 bits per heavy atom. The number of nitrogens with zero attached hydrogens (tertiary/aromatic N) is 2. The molecule has 0 atom stereocenters. The van der Waals surface area contributed by atoms with Gasteiger partial charge in [-0.15, -0.1) is 0 Å². The van der Waals surface area contributed by atoms with Crippen LogP contribution in [0, 0.1) is 0 Å². The van der Waals surface area contributed by atoms with Crippen LogP contribution < -0.4 is 16.6 Å². The molecule has 0 aromatic carbocycles. The van der Waals surface area contributed by atoms with E-state index in [-0.39, 0.29) is 11.5 Å². The van der Waals surface area contributed by atoms with Gasteiger partial charge in [-0.3, -0.25) is 14.3 Å². The first-order valence-corrected chi connectivity index (χ1v) is 5.40. The molecule has 18 heavy (non-hydrogen) atoms. The van der Waals surface area contributed by atoms with Crippen LogP contribution in [0.4, 0.5) is 5.69 Å². The summed E-state index contributed by atoms with van der Waals surface area (Å²) in [5.41, 5.74) is 6.27. The fourth-order valence-corrected chi connectivity index (χ4v) is 1.44. The maximum absolute atomic E-state index is 11.7. The van der Waals surface area contributed by atoms with Gasteiger partial charge in [0.2, 0.25) is 5.56 Å². The van der Waals surface area contributed by atoms with Crippen LogP contribution in [0.2, 0.25) is 0 Å². The topological polar surface area (TPSA) is 106 Å². The largest absolute Gasteiger partial charge is 0.396 e. The zero-order valence-electron chi connectivity index (χ0n) is 9.59. The molecule has 0 saturated heterocycles. The monoisotopic (exact) mass is 247 g/mol. The van der Waals surface area contributed by atoms with Crippen LogP contribution in [0.3, 0.4) is 0 Å². The van der Waals surface area contributed by atoms with Crippen LogP contribution in [0.5, 0.6) is 0 Å². The van der Waals surface area contributed by atoms with E-state index in [1.54, 1.807) is 17.1 Å². The summed E-state index contributed by atoms with van der Waals surface area (Å²) in [5, 5.41) is 6.70. The molecule has 1 amide bonds. The molecule has 0 aliphatic rings. The molecule has 7 heteroatoms. The summed E-state index contributed by atoms with van der Waals surface area (Å²) >= 11 is 0. The van der Waals surface area contributed by atoms with E-state index >= 15 is 0 Å². The van der Waals surface area contributed by atoms with E-state index in [9.17, 15) is 9.59 Å². The molecule has 0 aliphatic heterocycles. The Kier molecular flexibility index (Phi) is 3.42. The normalized spacial score (nSPS) is 10.2. The molecule has 2 heterocycles. The summed E-state index contributed by atoms with van der Waals surface area (Å²) < 4.78 is 1.64. The number of hydrogen-bond acceptors (Lipinski definition) is 4. The van der Waals surface area contributed by atoms with E-state index in [2.05, 4.69) is 15.4 Å². The van der Waals surface area contributed by atoms with Gasteiger partial charge in [-0.1, -0.05) is 0 Å². The van der Waals surface area contributed by atoms with Crippen molar-refractivity contribution in [2.75, 3.05) is 12.3 Å². The number of nitrogens with two attached hydrogens (primary N) is 1. The Balaban J connectivity index is 1.85. The lowest BCUT2D eigenvalue weighted by Gasteiger charge is -2.04. The minimum Gasteiger partial charge on any atom is -0.396 e. The van der Waals surface area contributed by atoms with Crippen molar-refractivity contribution < 1.29 is 4.79 Å². The molecule has 2 rings (SSSR count). The molecular weight excluding hydrogens is 234 g/mol. The average molecular weight is 247 g/mol. The SMILES string of the molecule is Nc1cnn(CCNC(=O)c2ccc(=O)[nH]c2)c1. The maximum Gasteiger partial charge on any atom is 0.252 e. The third-order valence-electron chi connectivity index (χ3n) is 2.33. The van der Waals surface area contributed by atoms with Gasteiger partial charge in [-0.25, -0.2) is 0 Å². The van der Waals surface area contributed by atoms with Gasteiger partial charge in [0.15, 0.2) is 0 Å². The van der Waals surface area contributed by atoms with Gasteiger partial charge >= 0.3 is 0 Å². The van der Waals surface area contributed by atoms with E-state index in [1.807, 2.05) is 0 Å². The Morgan fingerprint density at radius 2 is 2.33 bits per heavy atom. The summed E-state index contributed by atoms with van der Waals surface area (Å²) in [6.07, 6.45) is 4.61. The molecule has 2 aromatic rings. The zero-order chi connectivity index (χ0) is 13.0. The highest BCUT2D eigenvalue weighted by atomic mass is 16.1. The molecule has 0 bridgehead atoms. The molecule has 4 N–H and O–H groups in total. The lowest BCUT2D eigenvalue weighted by molar-refractivity contribution is 0.0951. The standard InChI is InChI=1S/C11H13N5O2/c12-9-6-15-16(7-9)4-3-13-11(18)8-1-2-10(17)14-5-8/h1-2,5-7H,3-4,12H2,(H,13,18)(H,14,17). The van der Waals surface area contributed by atoms with Crippen molar-refractivity contribution in [3.63, 3.8) is 0 Å². The minimum absolute atomic E-state index is 0.237. The first-order valence-electron chi connectivity index (χ1n) is 5.40. The van der Waals surface area contributed by atoms with E-state index < -0.39 is 0 Å². The molecule has 7 nitrogen and oxygen atoms in total. The molecule has 2 aromatic heterocycles. The zero-order valence-corrected chi connectivity index (χ0v) is 9.59. The third-order valence-corrected chi connectivity index (χ3v) is 2.33. The summed E-state index contributed by atoms with van der Waals surface area (Å²) in [5.74, 6) is -0.244. The number of aromatic amines is 1. The summed E-state index contributed by atoms with van der Waals surface area (Å²) in [7, 11) is 0. The van der Waals surface area contributed by atoms with Crippen LogP contribution >= 0.6 is 0 Å². The van der Waals surface area contributed by atoms with Gasteiger partial charge in [-0.2, -0.15) is 5.10 Å². The third kappa shape index (κ3) is 2.97. The van der Waals surface area contributed by atoms with Crippen molar-refractivity contribution in [2.24, 2.45) is 0 Å². The van der Waals surface area contributed by atoms with E-state index in [0.717, 1.165) is 0 Å². The molecule has 0 radical (unpaired) electrons. The molecule has 0 fully saturated rings. The van der Waals surface area contributed by atoms with Crippen LogP contribution in [0.15, 0.2) is 35.5 Å². The average Bonchev–Trinajstić information content (AvgIpc) is 2.76. The Bertz CT molecular complexity index is 581. The number of anilines is 1. The van der Waals surface area contributed by atoms with Gasteiger partial charge < -0.3 is 16.0 Å². The van der Waals surface area contributed by atoms with Crippen LogP contribution in [0.25, 0.3) is 0 Å². The first kappa shape index (κ1) is 11.9. The minimum atomic E-state index is -0.244. The summed E-state index contributed by atoms with van der Waals surface area (Å²) in [6, 6.07) is 2.78. The predicted octanol–water partition coefficient (Wildman–Crippen LogP) is -0.416. The van der Waals surface area contributed by atoms with Gasteiger partial charge in [0.25, 0.3) is 5.91 Å². The number of amides is 1. The van der Waals surface area contributed by atoms with Gasteiger partial charge in [-0.05, 0) is 6.07 Å². The number of aromatic nitrogens is 3. The highest BCUT2D eigenvalue weighted by Gasteiger charge is 2.04. The van der Waals surface area contributed by atoms with Crippen molar-refractivity contribution in [3.05, 3.63) is 46.6 Å². The number of H-pyrrole nitrogens is 1. The van der Waals surface area contributed by atoms with E-state index in [4.69, 9.17) is 5.73 Å². The number of rotatable bonds is 4. The molecule has 94 valence electrons. The van der Waals surface area contributed by atoms with E-state index in [0.29, 0.717) is 24.3 Å². The second-order valence-electron chi connectivity index (χ2n) is 3.73. The Hall–Kier alpha value is -2.57. The van der Waals surface area contributed by atoms with Crippen molar-refractivity contribution in [3.8, 4) is 0 Å². The van der Waals surface area contributed by atoms with Crippen LogP contribution in [0.1, 0.15) is 10.4 Å². The van der Waals surface area contributed by atoms with Crippen molar-refractivity contribution in [2.45, 2.75) is 6.54 Å². The van der Waals surface area contributed by atoms with E-state index in [1.165, 1.54) is 18.3 Å². The number of carbonyl (C=O) groups is 1. The second-order valence-corrected chi connectivity index (χ2v) is 3.73. The number of hydrogen-bond donors (Lipinski definition) is 3. The fourth-order valence-electron chi connectivity index (χ4n) is 1.44. The fraction of sp³-hybridized carbons (Fsp3) is 0.182. The van der Waals surface area contributed by atoms with Gasteiger partial charge in [0, 0.05) is 25.0 Å². The lowest BCUT2D eigenvalue weighted by Crippen LogP contribution is -2.27. The number of nitrogen functional groups attached to an aromatic ring is 1. The van der Waals surface area contributed by atoms with Crippen molar-refractivity contribution in [1.82, 2.24) is 20.1 Å². The van der Waals surface area contributed by atoms with Crippen molar-refractivity contribution in [1.29, 1.82) is 0 Å². The number of nitrogens with one attached hydrogen (secondary N) is 2. The quantitative estimate of drug-likeness (QED) is 0.682. The smallest absolute Gasteiger partial charge is 0.252 e. The highest BCUT2D eigenvalue weighted by molar-refractivity contribution is 5.93. The maximum atomic E-state index is 11.7. The summed E-state index contributed by atoms with van der Waals surface area (Å²) in [4.78, 5) is 24.9. The Morgan fingerprint density at radius 1 is 1.50 bits per heavy atom. The lowest BCUT2D eigenvalue weighted by atomic mass is 10.3. The first-order chi connectivity index (χ1) is 8.65. The Labute approximate surface area is 103 Å². The molecular formula is C11H13N5O2. The second kappa shape index (κ2) is 5.17. The molecule has 0 saturated carbocycles. The van der Waals surface area contributed by atoms with Crippen molar-refractivity contribution >= 4 is 11.6 Å². The van der Waals surface area contributed by atoms with Crippen LogP contribution in [-0.2, 0) is 6.54 Å². The van der Waals surface area contributed by atoms with Gasteiger partial charge in [0.05, 0.1) is 24.0 Å². The van der Waals surface area contributed by atoms with Gasteiger partial charge in [0.1, 0.15) is 0 Å². The number of pyridine rings is 1. The summed E-state index contributed by atoms with van der Waals surface area (Å²) in [6.45, 7) is 0.964. The molecule has 0 spiro atoms. The highest BCUT2D eigenvalue weighted by Crippen LogP contribution is 1.97.